The van der Waals surface area contributed by atoms with Crippen LogP contribution in [0.3, 0.4) is 0 Å². The van der Waals surface area contributed by atoms with Crippen LogP contribution in [0.15, 0.2) is 41.0 Å². The Hall–Kier alpha value is -2.39. The van der Waals surface area contributed by atoms with E-state index in [9.17, 15) is 18.4 Å². The van der Waals surface area contributed by atoms with Gasteiger partial charge in [-0.25, -0.2) is 13.8 Å². The van der Waals surface area contributed by atoms with Crippen LogP contribution >= 0.6 is 15.9 Å². The number of rotatable bonds is 4. The second kappa shape index (κ2) is 9.20. The molecule has 1 fully saturated rings. The average Bonchev–Trinajstić information content (AvgIpc) is 2.89. The van der Waals surface area contributed by atoms with Crippen molar-refractivity contribution in [3.63, 3.8) is 0 Å². The van der Waals surface area contributed by atoms with E-state index in [-0.39, 0.29) is 24.0 Å². The molecular formula is C19H19BrF2N4O2. The molecule has 1 aliphatic rings. The van der Waals surface area contributed by atoms with Crippen LogP contribution in [0.1, 0.15) is 16.9 Å². The summed E-state index contributed by atoms with van der Waals surface area (Å²) in [6.45, 7) is 2.24. The Morgan fingerprint density at radius 2 is 1.93 bits per heavy atom. The maximum Gasteiger partial charge on any atom is 0.272 e. The highest BCUT2D eigenvalue weighted by Crippen LogP contribution is 2.15. The second-order valence-corrected chi connectivity index (χ2v) is 7.25. The molecule has 2 amide bonds. The van der Waals surface area contributed by atoms with E-state index < -0.39 is 11.6 Å². The van der Waals surface area contributed by atoms with Gasteiger partial charge in [-0.05, 0) is 46.6 Å². The van der Waals surface area contributed by atoms with Crippen LogP contribution in [-0.4, -0.2) is 59.3 Å². The summed E-state index contributed by atoms with van der Waals surface area (Å²) in [4.78, 5) is 32.6. The predicted octanol–water partition coefficient (Wildman–Crippen LogP) is 2.91. The zero-order valence-electron chi connectivity index (χ0n) is 15.0. The number of anilines is 1. The SMILES string of the molecule is O=C(CN1CCCN(C(=O)c2cccc(Br)n2)CC1)Nc1ccc(F)cc1F. The third-order valence-corrected chi connectivity index (χ3v) is 4.82. The number of carbonyl (C=O) groups excluding carboxylic acids is 2. The van der Waals surface area contributed by atoms with Gasteiger partial charge in [-0.1, -0.05) is 6.07 Å². The maximum absolute atomic E-state index is 13.7. The van der Waals surface area contributed by atoms with Gasteiger partial charge in [0.2, 0.25) is 5.91 Å². The zero-order chi connectivity index (χ0) is 20.1. The van der Waals surface area contributed by atoms with Gasteiger partial charge in [0, 0.05) is 32.2 Å². The summed E-state index contributed by atoms with van der Waals surface area (Å²) < 4.78 is 27.2. The van der Waals surface area contributed by atoms with Gasteiger partial charge in [0.15, 0.2) is 0 Å². The Morgan fingerprint density at radius 1 is 1.11 bits per heavy atom. The standard InChI is InChI=1S/C19H19BrF2N4O2/c20-17-4-1-3-16(23-17)19(28)26-8-2-7-25(9-10-26)12-18(27)24-15-6-5-13(21)11-14(15)22/h1,3-6,11H,2,7-10,12H2,(H,24,27). The first-order chi connectivity index (χ1) is 13.4. The van der Waals surface area contributed by atoms with Crippen LogP contribution < -0.4 is 5.32 Å². The Morgan fingerprint density at radius 3 is 2.68 bits per heavy atom. The topological polar surface area (TPSA) is 65.5 Å². The minimum atomic E-state index is -0.817. The fourth-order valence-corrected chi connectivity index (χ4v) is 3.35. The van der Waals surface area contributed by atoms with E-state index in [1.54, 1.807) is 23.1 Å². The highest BCUT2D eigenvalue weighted by atomic mass is 79.9. The molecule has 0 radical (unpaired) electrons. The number of hydrogen-bond acceptors (Lipinski definition) is 4. The number of nitrogens with one attached hydrogen (secondary N) is 1. The van der Waals surface area contributed by atoms with E-state index in [1.807, 2.05) is 4.90 Å². The third-order valence-electron chi connectivity index (χ3n) is 4.38. The van der Waals surface area contributed by atoms with Gasteiger partial charge in [0.1, 0.15) is 21.9 Å². The van der Waals surface area contributed by atoms with Gasteiger partial charge in [-0.2, -0.15) is 0 Å². The number of nitrogens with zero attached hydrogens (tertiary/aromatic N) is 3. The summed E-state index contributed by atoms with van der Waals surface area (Å²) in [5.41, 5.74) is 0.311. The Bertz CT molecular complexity index is 881. The molecule has 1 N–H and O–H groups in total. The lowest BCUT2D eigenvalue weighted by molar-refractivity contribution is -0.117. The summed E-state index contributed by atoms with van der Waals surface area (Å²) in [6.07, 6.45) is 0.706. The molecule has 28 heavy (non-hydrogen) atoms. The largest absolute Gasteiger partial charge is 0.336 e. The molecule has 0 bridgehead atoms. The van der Waals surface area contributed by atoms with Gasteiger partial charge in [0.05, 0.1) is 12.2 Å². The van der Waals surface area contributed by atoms with Crippen LogP contribution in [0.25, 0.3) is 0 Å². The number of halogens is 3. The molecule has 0 spiro atoms. The number of benzene rings is 1. The molecule has 1 aliphatic heterocycles. The normalized spacial score (nSPS) is 15.2. The van der Waals surface area contributed by atoms with Gasteiger partial charge in [-0.3, -0.25) is 14.5 Å². The molecule has 1 aromatic heterocycles. The molecule has 3 rings (SSSR count). The van der Waals surface area contributed by atoms with Crippen molar-refractivity contribution in [2.75, 3.05) is 38.0 Å². The van der Waals surface area contributed by atoms with Crippen molar-refractivity contribution >= 4 is 33.4 Å². The van der Waals surface area contributed by atoms with Crippen LogP contribution in [0.2, 0.25) is 0 Å². The van der Waals surface area contributed by atoms with Crippen molar-refractivity contribution < 1.29 is 18.4 Å². The molecule has 0 unspecified atom stereocenters. The minimum Gasteiger partial charge on any atom is -0.336 e. The molecule has 9 heteroatoms. The third kappa shape index (κ3) is 5.32. The lowest BCUT2D eigenvalue weighted by Crippen LogP contribution is -2.38. The monoisotopic (exact) mass is 452 g/mol. The molecule has 2 heterocycles. The highest BCUT2D eigenvalue weighted by Gasteiger charge is 2.22. The number of pyridine rings is 1. The smallest absolute Gasteiger partial charge is 0.272 e. The second-order valence-electron chi connectivity index (χ2n) is 6.44. The van der Waals surface area contributed by atoms with Crippen LogP contribution in [0.5, 0.6) is 0 Å². The summed E-state index contributed by atoms with van der Waals surface area (Å²) in [5.74, 6) is -2.06. The van der Waals surface area contributed by atoms with E-state index in [2.05, 4.69) is 26.2 Å². The van der Waals surface area contributed by atoms with Crippen LogP contribution in [0.4, 0.5) is 14.5 Å². The Kier molecular flexibility index (Phi) is 6.69. The average molecular weight is 453 g/mol. The molecule has 1 saturated heterocycles. The molecule has 0 aliphatic carbocycles. The van der Waals surface area contributed by atoms with Gasteiger partial charge >= 0.3 is 0 Å². The van der Waals surface area contributed by atoms with Gasteiger partial charge in [-0.15, -0.1) is 0 Å². The minimum absolute atomic E-state index is 0.0567. The first-order valence-electron chi connectivity index (χ1n) is 8.81. The van der Waals surface area contributed by atoms with Crippen molar-refractivity contribution in [1.82, 2.24) is 14.8 Å². The first-order valence-corrected chi connectivity index (χ1v) is 9.61. The highest BCUT2D eigenvalue weighted by molar-refractivity contribution is 9.10. The number of hydrogen-bond donors (Lipinski definition) is 1. The molecule has 6 nitrogen and oxygen atoms in total. The first kappa shape index (κ1) is 20.3. The lowest BCUT2D eigenvalue weighted by Gasteiger charge is -2.21. The van der Waals surface area contributed by atoms with Crippen molar-refractivity contribution in [1.29, 1.82) is 0 Å². The number of amides is 2. The van der Waals surface area contributed by atoms with E-state index in [0.717, 1.165) is 12.1 Å². The molecular weight excluding hydrogens is 434 g/mol. The van der Waals surface area contributed by atoms with Crippen molar-refractivity contribution in [3.8, 4) is 0 Å². The zero-order valence-corrected chi connectivity index (χ0v) is 16.6. The number of carbonyl (C=O) groups is 2. The fraction of sp³-hybridized carbons (Fsp3) is 0.316. The molecule has 148 valence electrons. The van der Waals surface area contributed by atoms with Gasteiger partial charge in [0.25, 0.3) is 5.91 Å². The summed E-state index contributed by atoms with van der Waals surface area (Å²) in [6, 6.07) is 8.18. The van der Waals surface area contributed by atoms with E-state index >= 15 is 0 Å². The molecule has 1 aromatic carbocycles. The van der Waals surface area contributed by atoms with E-state index in [4.69, 9.17) is 0 Å². The van der Waals surface area contributed by atoms with Gasteiger partial charge < -0.3 is 10.2 Å². The van der Waals surface area contributed by atoms with Crippen molar-refractivity contribution in [2.24, 2.45) is 0 Å². The quantitative estimate of drug-likeness (QED) is 0.724. The van der Waals surface area contributed by atoms with E-state index in [1.165, 1.54) is 6.07 Å². The Labute approximate surface area is 169 Å². The summed E-state index contributed by atoms with van der Waals surface area (Å²) in [5, 5.41) is 2.45. The molecule has 2 aromatic rings. The summed E-state index contributed by atoms with van der Waals surface area (Å²) in [7, 11) is 0. The predicted molar refractivity (Wildman–Crippen MR) is 104 cm³/mol. The molecule has 0 atom stereocenters. The Balaban J connectivity index is 1.54. The lowest BCUT2D eigenvalue weighted by atomic mass is 10.3. The number of aromatic nitrogens is 1. The van der Waals surface area contributed by atoms with Crippen molar-refractivity contribution in [3.05, 3.63) is 58.3 Å². The maximum atomic E-state index is 13.7. The molecule has 0 saturated carbocycles. The van der Waals surface area contributed by atoms with Crippen LogP contribution in [-0.2, 0) is 4.79 Å². The summed E-state index contributed by atoms with van der Waals surface area (Å²) >= 11 is 3.26. The van der Waals surface area contributed by atoms with E-state index in [0.29, 0.717) is 42.9 Å². The van der Waals surface area contributed by atoms with Crippen molar-refractivity contribution in [2.45, 2.75) is 6.42 Å². The van der Waals surface area contributed by atoms with Crippen LogP contribution in [0, 0.1) is 11.6 Å². The fourth-order valence-electron chi connectivity index (χ4n) is 3.01.